The fourth-order valence-corrected chi connectivity index (χ4v) is 5.89. The molecule has 0 aliphatic carbocycles. The number of nitrogens with one attached hydrogen (secondary N) is 2. The monoisotopic (exact) mass is 479 g/mol. The Morgan fingerprint density at radius 1 is 1.11 bits per heavy atom. The molecule has 3 heterocycles. The summed E-state index contributed by atoms with van der Waals surface area (Å²) in [5.74, 6) is -1.91. The summed E-state index contributed by atoms with van der Waals surface area (Å²) in [5, 5.41) is 15.7. The molecule has 9 heteroatoms. The van der Waals surface area contributed by atoms with Crippen molar-refractivity contribution in [3.05, 3.63) is 54.6 Å². The van der Waals surface area contributed by atoms with Crippen LogP contribution in [0.25, 0.3) is 0 Å². The van der Waals surface area contributed by atoms with E-state index in [2.05, 4.69) is 10.6 Å². The Balaban J connectivity index is 1.46. The van der Waals surface area contributed by atoms with Crippen LogP contribution < -0.4 is 15.4 Å². The average Bonchev–Trinajstić information content (AvgIpc) is 3.52. The van der Waals surface area contributed by atoms with Gasteiger partial charge in [-0.15, -0.1) is 0 Å². The number of benzene rings is 2. The van der Waals surface area contributed by atoms with E-state index < -0.39 is 41.5 Å². The normalized spacial score (nSPS) is 29.6. The number of likely N-dealkylation sites (tertiary alicyclic amines) is 1. The summed E-state index contributed by atoms with van der Waals surface area (Å²) in [6.07, 6.45) is 0.610. The first kappa shape index (κ1) is 23.3. The van der Waals surface area contributed by atoms with Gasteiger partial charge < -0.3 is 30.1 Å². The van der Waals surface area contributed by atoms with Crippen molar-refractivity contribution in [1.29, 1.82) is 0 Å². The standard InChI is InChI=1S/C26H29N3O6/c1-15(14-30)29-22(24(32)28-17-8-10-18(34-2)11-9-17)26-13-12-19(35-26)20(21(26)25(29)33)23(31)27-16-6-4-3-5-7-16/h3-11,15,19-22,30H,12-14H2,1-2H3,(H,27,31)(H,28,32)/t15-,19+,20-,21+,22?,26?/m1/s1. The zero-order valence-corrected chi connectivity index (χ0v) is 19.6. The van der Waals surface area contributed by atoms with Gasteiger partial charge in [0.25, 0.3) is 0 Å². The summed E-state index contributed by atoms with van der Waals surface area (Å²) in [4.78, 5) is 42.1. The van der Waals surface area contributed by atoms with Crippen molar-refractivity contribution in [2.24, 2.45) is 11.8 Å². The summed E-state index contributed by atoms with van der Waals surface area (Å²) in [5.41, 5.74) is 0.0558. The van der Waals surface area contributed by atoms with E-state index in [9.17, 15) is 19.5 Å². The summed E-state index contributed by atoms with van der Waals surface area (Å²) >= 11 is 0. The molecule has 3 saturated heterocycles. The van der Waals surface area contributed by atoms with Crippen molar-refractivity contribution in [3.63, 3.8) is 0 Å². The summed E-state index contributed by atoms with van der Waals surface area (Å²) in [6, 6.07) is 14.4. The lowest BCUT2D eigenvalue weighted by atomic mass is 9.70. The van der Waals surface area contributed by atoms with Crippen molar-refractivity contribution < 1.29 is 29.0 Å². The van der Waals surface area contributed by atoms with Crippen LogP contribution >= 0.6 is 0 Å². The first-order valence-corrected chi connectivity index (χ1v) is 11.8. The molecule has 0 aromatic heterocycles. The third-order valence-electron chi connectivity index (χ3n) is 7.43. The van der Waals surface area contributed by atoms with Gasteiger partial charge in [0.2, 0.25) is 17.7 Å². The first-order chi connectivity index (χ1) is 16.9. The van der Waals surface area contributed by atoms with Crippen LogP contribution in [0.4, 0.5) is 11.4 Å². The van der Waals surface area contributed by atoms with Gasteiger partial charge in [0.05, 0.1) is 37.7 Å². The number of ether oxygens (including phenoxy) is 2. The number of carbonyl (C=O) groups excluding carboxylic acids is 3. The second-order valence-corrected chi connectivity index (χ2v) is 9.41. The molecule has 3 N–H and O–H groups in total. The third kappa shape index (κ3) is 3.75. The Morgan fingerprint density at radius 2 is 1.77 bits per heavy atom. The lowest BCUT2D eigenvalue weighted by Crippen LogP contribution is -2.55. The molecule has 5 rings (SSSR count). The SMILES string of the molecule is COc1ccc(NC(=O)C2N([C@H](C)CO)C(=O)[C@@H]3[C@H](C(=O)Nc4ccccc4)[C@@H]4CCC23O4)cc1. The fourth-order valence-electron chi connectivity index (χ4n) is 5.89. The van der Waals surface area contributed by atoms with Crippen LogP contribution in [-0.2, 0) is 19.1 Å². The summed E-state index contributed by atoms with van der Waals surface area (Å²) < 4.78 is 11.5. The van der Waals surface area contributed by atoms with Crippen LogP contribution in [0.3, 0.4) is 0 Å². The van der Waals surface area contributed by atoms with Gasteiger partial charge in [0, 0.05) is 11.4 Å². The fraction of sp³-hybridized carbons (Fsp3) is 0.423. The molecule has 2 unspecified atom stereocenters. The van der Waals surface area contributed by atoms with Crippen LogP contribution in [0.2, 0.25) is 0 Å². The second kappa shape index (κ2) is 8.98. The molecule has 0 saturated carbocycles. The van der Waals surface area contributed by atoms with Gasteiger partial charge in [-0.05, 0) is 56.2 Å². The number of fused-ring (bicyclic) bond motifs is 1. The van der Waals surface area contributed by atoms with Crippen molar-refractivity contribution in [3.8, 4) is 5.75 Å². The number of hydrogen-bond acceptors (Lipinski definition) is 6. The summed E-state index contributed by atoms with van der Waals surface area (Å²) in [6.45, 7) is 1.37. The average molecular weight is 480 g/mol. The lowest BCUT2D eigenvalue weighted by molar-refractivity contribution is -0.142. The second-order valence-electron chi connectivity index (χ2n) is 9.41. The van der Waals surface area contributed by atoms with E-state index in [4.69, 9.17) is 9.47 Å². The molecule has 2 aromatic carbocycles. The molecule has 3 amide bonds. The topological polar surface area (TPSA) is 117 Å². The number of rotatable bonds is 7. The third-order valence-corrected chi connectivity index (χ3v) is 7.43. The van der Waals surface area contributed by atoms with Crippen molar-refractivity contribution in [1.82, 2.24) is 4.90 Å². The maximum Gasteiger partial charge on any atom is 0.250 e. The number of carbonyl (C=O) groups is 3. The van der Waals surface area contributed by atoms with E-state index >= 15 is 0 Å². The Morgan fingerprint density at radius 3 is 2.43 bits per heavy atom. The molecule has 3 aliphatic rings. The highest BCUT2D eigenvalue weighted by Crippen LogP contribution is 2.59. The molecule has 2 bridgehead atoms. The molecule has 6 atom stereocenters. The number of nitrogens with zero attached hydrogens (tertiary/aromatic N) is 1. The van der Waals surface area contributed by atoms with Crippen LogP contribution in [0.15, 0.2) is 54.6 Å². The Bertz CT molecular complexity index is 1120. The van der Waals surface area contributed by atoms with E-state index in [0.29, 0.717) is 30.0 Å². The number of para-hydroxylation sites is 1. The zero-order valence-electron chi connectivity index (χ0n) is 19.6. The molecule has 3 aliphatic heterocycles. The van der Waals surface area contributed by atoms with Gasteiger partial charge in [0.15, 0.2) is 0 Å². The molecule has 2 aromatic rings. The minimum Gasteiger partial charge on any atom is -0.497 e. The van der Waals surface area contributed by atoms with E-state index in [1.54, 1.807) is 50.4 Å². The Labute approximate surface area is 203 Å². The molecule has 35 heavy (non-hydrogen) atoms. The Kier molecular flexibility index (Phi) is 5.98. The number of anilines is 2. The molecule has 3 fully saturated rings. The van der Waals surface area contributed by atoms with Crippen LogP contribution in [-0.4, -0.2) is 65.2 Å². The molecular formula is C26H29N3O6. The predicted octanol–water partition coefficient (Wildman–Crippen LogP) is 2.03. The van der Waals surface area contributed by atoms with Crippen LogP contribution in [0, 0.1) is 11.8 Å². The van der Waals surface area contributed by atoms with E-state index in [1.165, 1.54) is 4.90 Å². The number of methoxy groups -OCH3 is 1. The van der Waals surface area contributed by atoms with Crippen molar-refractivity contribution in [2.45, 2.75) is 43.6 Å². The molecular weight excluding hydrogens is 450 g/mol. The number of aliphatic hydroxyl groups is 1. The molecule has 1 spiro atoms. The van der Waals surface area contributed by atoms with E-state index in [-0.39, 0.29) is 18.4 Å². The summed E-state index contributed by atoms with van der Waals surface area (Å²) in [7, 11) is 1.56. The highest BCUT2D eigenvalue weighted by molar-refractivity contribution is 6.05. The maximum absolute atomic E-state index is 13.7. The number of aliphatic hydroxyl groups excluding tert-OH is 1. The van der Waals surface area contributed by atoms with Crippen LogP contribution in [0.1, 0.15) is 19.8 Å². The van der Waals surface area contributed by atoms with Crippen molar-refractivity contribution in [2.75, 3.05) is 24.4 Å². The zero-order chi connectivity index (χ0) is 24.7. The largest absolute Gasteiger partial charge is 0.497 e. The van der Waals surface area contributed by atoms with Gasteiger partial charge >= 0.3 is 0 Å². The Hall–Kier alpha value is -3.43. The predicted molar refractivity (Wildman–Crippen MR) is 128 cm³/mol. The van der Waals surface area contributed by atoms with Gasteiger partial charge in [-0.2, -0.15) is 0 Å². The van der Waals surface area contributed by atoms with Gasteiger partial charge in [-0.25, -0.2) is 0 Å². The van der Waals surface area contributed by atoms with E-state index in [0.717, 1.165) is 0 Å². The highest BCUT2D eigenvalue weighted by atomic mass is 16.5. The van der Waals surface area contributed by atoms with Gasteiger partial charge in [-0.3, -0.25) is 14.4 Å². The quantitative estimate of drug-likeness (QED) is 0.560. The highest BCUT2D eigenvalue weighted by Gasteiger charge is 2.74. The minimum absolute atomic E-state index is 0.297. The number of hydrogen-bond donors (Lipinski definition) is 3. The van der Waals surface area contributed by atoms with Gasteiger partial charge in [-0.1, -0.05) is 18.2 Å². The molecule has 184 valence electrons. The van der Waals surface area contributed by atoms with Crippen LogP contribution in [0.5, 0.6) is 5.75 Å². The van der Waals surface area contributed by atoms with Gasteiger partial charge in [0.1, 0.15) is 17.4 Å². The minimum atomic E-state index is -1.12. The lowest BCUT2D eigenvalue weighted by Gasteiger charge is -2.35. The smallest absolute Gasteiger partial charge is 0.250 e. The first-order valence-electron chi connectivity index (χ1n) is 11.8. The molecule has 9 nitrogen and oxygen atoms in total. The maximum atomic E-state index is 13.7. The van der Waals surface area contributed by atoms with E-state index in [1.807, 2.05) is 18.2 Å². The van der Waals surface area contributed by atoms with Crippen molar-refractivity contribution >= 4 is 29.1 Å². The molecule has 0 radical (unpaired) electrons. The number of amides is 3.